The third-order valence-electron chi connectivity index (χ3n) is 5.31. The van der Waals surface area contributed by atoms with Crippen LogP contribution in [0.15, 0.2) is 0 Å². The average molecular weight is 224 g/mol. The van der Waals surface area contributed by atoms with E-state index in [1.165, 1.54) is 23.9 Å². The molecule has 0 amide bonds. The van der Waals surface area contributed by atoms with Crippen LogP contribution in [-0.4, -0.2) is 8.07 Å². The molecule has 0 aromatic heterocycles. The van der Waals surface area contributed by atoms with Gasteiger partial charge in [0.15, 0.2) is 0 Å². The molecule has 1 saturated heterocycles. The van der Waals surface area contributed by atoms with Crippen LogP contribution in [0.5, 0.6) is 0 Å². The summed E-state index contributed by atoms with van der Waals surface area (Å²) in [6.07, 6.45) is 6.15. The second-order valence-electron chi connectivity index (χ2n) is 7.87. The molecule has 0 spiro atoms. The van der Waals surface area contributed by atoms with Crippen molar-refractivity contribution in [1.82, 2.24) is 0 Å². The highest BCUT2D eigenvalue weighted by Gasteiger charge is 2.75. The second kappa shape index (κ2) is 3.12. The first-order valence-corrected chi connectivity index (χ1v) is 8.88. The van der Waals surface area contributed by atoms with E-state index in [1.54, 1.807) is 12.8 Å². The fourth-order valence-electron chi connectivity index (χ4n) is 5.47. The van der Waals surface area contributed by atoms with E-state index in [4.69, 9.17) is 0 Å². The minimum atomic E-state index is -1.05. The molecule has 15 heavy (non-hydrogen) atoms. The van der Waals surface area contributed by atoms with Crippen molar-refractivity contribution in [3.05, 3.63) is 0 Å². The Morgan fingerprint density at radius 3 is 1.33 bits per heavy atom. The highest BCUT2D eigenvalue weighted by atomic mass is 28.3. The average Bonchev–Trinajstić information content (AvgIpc) is 2.70. The molecule has 0 aromatic carbocycles. The van der Waals surface area contributed by atoms with E-state index in [0.717, 1.165) is 0 Å². The normalized spacial score (nSPS) is 34.8. The van der Waals surface area contributed by atoms with Gasteiger partial charge in [0, 0.05) is 0 Å². The van der Waals surface area contributed by atoms with Crippen LogP contribution in [0.1, 0.15) is 67.2 Å². The minimum Gasteiger partial charge on any atom is -0.0625 e. The van der Waals surface area contributed by atoms with Gasteiger partial charge in [-0.25, -0.2) is 0 Å². The molecule has 1 saturated carbocycles. The Morgan fingerprint density at radius 1 is 0.733 bits per heavy atom. The lowest BCUT2D eigenvalue weighted by Gasteiger charge is -2.42. The molecule has 0 nitrogen and oxygen atoms in total. The number of rotatable bonds is 0. The van der Waals surface area contributed by atoms with E-state index >= 15 is 0 Å². The molecule has 2 fully saturated rings. The van der Waals surface area contributed by atoms with Gasteiger partial charge in [-0.1, -0.05) is 67.2 Å². The molecule has 1 heterocycles. The Bertz CT molecular complexity index is 225. The minimum absolute atomic E-state index is 0.616. The lowest BCUT2D eigenvalue weighted by atomic mass is 10.0. The maximum atomic E-state index is 2.53. The molecule has 2 aliphatic rings. The SMILES string of the molecule is CC(C)(C)[Si]1(C(C)(C)C)[C@@H]2CCCC[C@@H]21. The van der Waals surface area contributed by atoms with Crippen molar-refractivity contribution in [2.45, 2.75) is 88.4 Å². The van der Waals surface area contributed by atoms with Crippen LogP contribution in [0.3, 0.4) is 0 Å². The molecule has 0 unspecified atom stereocenters. The molecule has 0 aromatic rings. The van der Waals surface area contributed by atoms with E-state index in [-0.39, 0.29) is 0 Å². The molecule has 2 atom stereocenters. The topological polar surface area (TPSA) is 0 Å². The van der Waals surface area contributed by atoms with Gasteiger partial charge in [0.2, 0.25) is 0 Å². The first-order valence-electron chi connectivity index (χ1n) is 6.73. The monoisotopic (exact) mass is 224 g/mol. The molecule has 0 bridgehead atoms. The van der Waals surface area contributed by atoms with Crippen molar-refractivity contribution >= 4 is 8.07 Å². The molecule has 0 N–H and O–H groups in total. The van der Waals surface area contributed by atoms with Gasteiger partial charge in [-0.05, 0) is 21.2 Å². The summed E-state index contributed by atoms with van der Waals surface area (Å²) in [6, 6.07) is 0. The summed E-state index contributed by atoms with van der Waals surface area (Å²) in [6.45, 7) is 15.2. The standard InChI is InChI=1S/C14H28Si/c1-13(2,3)15(14(4,5)6)11-9-7-8-10-12(11)15/h11-12H,7-10H2,1-6H3/t11-,12+. The Kier molecular flexibility index (Phi) is 2.43. The first kappa shape index (κ1) is 11.7. The summed E-state index contributed by atoms with van der Waals surface area (Å²) in [5.41, 5.74) is 2.34. The summed E-state index contributed by atoms with van der Waals surface area (Å²) >= 11 is 0. The Hall–Kier alpha value is 0.217. The number of hydrogen-bond donors (Lipinski definition) is 0. The van der Waals surface area contributed by atoms with Gasteiger partial charge in [0.1, 0.15) is 0 Å². The fourth-order valence-corrected chi connectivity index (χ4v) is 15.4. The van der Waals surface area contributed by atoms with Crippen LogP contribution in [0.25, 0.3) is 0 Å². The smallest absolute Gasteiger partial charge is 0.0625 e. The zero-order chi connectivity index (χ0) is 11.5. The van der Waals surface area contributed by atoms with Gasteiger partial charge < -0.3 is 0 Å². The van der Waals surface area contributed by atoms with Gasteiger partial charge in [0.05, 0.1) is 8.07 Å². The van der Waals surface area contributed by atoms with E-state index < -0.39 is 8.07 Å². The van der Waals surface area contributed by atoms with Crippen LogP contribution < -0.4 is 0 Å². The number of fused-ring (bicyclic) bond motifs is 1. The Balaban J connectivity index is 2.36. The van der Waals surface area contributed by atoms with Gasteiger partial charge in [-0.2, -0.15) is 0 Å². The zero-order valence-corrected chi connectivity index (χ0v) is 12.5. The molecule has 1 aliphatic carbocycles. The molecule has 2 rings (SSSR count). The maximum Gasteiger partial charge on any atom is 0.0705 e. The lowest BCUT2D eigenvalue weighted by Crippen LogP contribution is -2.40. The van der Waals surface area contributed by atoms with Crippen molar-refractivity contribution in [2.24, 2.45) is 0 Å². The molecule has 1 heteroatoms. The van der Waals surface area contributed by atoms with E-state index in [9.17, 15) is 0 Å². The third-order valence-corrected chi connectivity index (χ3v) is 13.6. The van der Waals surface area contributed by atoms with Gasteiger partial charge >= 0.3 is 0 Å². The number of hydrogen-bond acceptors (Lipinski definition) is 0. The van der Waals surface area contributed by atoms with E-state index in [1.807, 2.05) is 0 Å². The zero-order valence-electron chi connectivity index (χ0n) is 11.5. The lowest BCUT2D eigenvalue weighted by molar-refractivity contribution is 0.561. The van der Waals surface area contributed by atoms with Crippen molar-refractivity contribution in [3.63, 3.8) is 0 Å². The van der Waals surface area contributed by atoms with Crippen LogP contribution in [0, 0.1) is 0 Å². The van der Waals surface area contributed by atoms with Gasteiger partial charge in [-0.3, -0.25) is 0 Å². The summed E-state index contributed by atoms with van der Waals surface area (Å²) < 4.78 is 0. The summed E-state index contributed by atoms with van der Waals surface area (Å²) in [5.74, 6) is 0. The Morgan fingerprint density at radius 2 is 1.07 bits per heavy atom. The van der Waals surface area contributed by atoms with Crippen molar-refractivity contribution in [3.8, 4) is 0 Å². The third kappa shape index (κ3) is 1.38. The van der Waals surface area contributed by atoms with Crippen molar-refractivity contribution in [1.29, 1.82) is 0 Å². The predicted octanol–water partition coefficient (Wildman–Crippen LogP) is 5.36. The van der Waals surface area contributed by atoms with E-state index in [2.05, 4.69) is 41.5 Å². The maximum absolute atomic E-state index is 2.53. The fraction of sp³-hybridized carbons (Fsp3) is 1.00. The van der Waals surface area contributed by atoms with Crippen LogP contribution in [0.4, 0.5) is 0 Å². The molecular weight excluding hydrogens is 196 g/mol. The van der Waals surface area contributed by atoms with Crippen LogP contribution in [-0.2, 0) is 0 Å². The molecular formula is C14H28Si. The second-order valence-corrected chi connectivity index (χ2v) is 14.1. The molecule has 88 valence electrons. The molecule has 0 radical (unpaired) electrons. The largest absolute Gasteiger partial charge is 0.0705 e. The van der Waals surface area contributed by atoms with Crippen LogP contribution in [0.2, 0.25) is 21.2 Å². The quantitative estimate of drug-likeness (QED) is 0.486. The summed E-state index contributed by atoms with van der Waals surface area (Å²) in [4.78, 5) is 0. The highest BCUT2D eigenvalue weighted by Crippen LogP contribution is 2.81. The Labute approximate surface area is 96.9 Å². The first-order chi connectivity index (χ1) is 6.73. The molecule has 1 aliphatic heterocycles. The highest BCUT2D eigenvalue weighted by molar-refractivity contribution is 6.97. The predicted molar refractivity (Wildman–Crippen MR) is 71.2 cm³/mol. The summed E-state index contributed by atoms with van der Waals surface area (Å²) in [7, 11) is -1.05. The van der Waals surface area contributed by atoms with Crippen LogP contribution >= 0.6 is 0 Å². The summed E-state index contributed by atoms with van der Waals surface area (Å²) in [5, 5.41) is 1.23. The van der Waals surface area contributed by atoms with Gasteiger partial charge in [-0.15, -0.1) is 0 Å². The van der Waals surface area contributed by atoms with E-state index in [0.29, 0.717) is 10.1 Å². The van der Waals surface area contributed by atoms with Crippen molar-refractivity contribution in [2.75, 3.05) is 0 Å². The van der Waals surface area contributed by atoms with Crippen molar-refractivity contribution < 1.29 is 0 Å². The van der Waals surface area contributed by atoms with Gasteiger partial charge in [0.25, 0.3) is 0 Å².